The zero-order valence-corrected chi connectivity index (χ0v) is 13.8. The summed E-state index contributed by atoms with van der Waals surface area (Å²) in [5.41, 5.74) is -0.970. The van der Waals surface area contributed by atoms with Crippen molar-refractivity contribution < 1.29 is 18.7 Å². The number of carbonyl (C=O) groups is 1. The molecule has 3 aromatic rings. The number of halogens is 3. The monoisotopic (exact) mass is 376 g/mol. The van der Waals surface area contributed by atoms with Gasteiger partial charge in [0.25, 0.3) is 12.0 Å². The number of carboxylic acid groups (broad SMARTS) is 1. The topological polar surface area (TPSA) is 72.2 Å². The number of benzene rings is 2. The van der Waals surface area contributed by atoms with E-state index in [9.17, 15) is 23.5 Å². The van der Waals surface area contributed by atoms with Gasteiger partial charge >= 0.3 is 5.97 Å². The molecule has 8 heteroatoms. The Kier molecular flexibility index (Phi) is 4.81. The quantitative estimate of drug-likeness (QED) is 0.741. The minimum absolute atomic E-state index is 0.0473. The molecule has 0 saturated heterocycles. The maximum atomic E-state index is 12.9. The van der Waals surface area contributed by atoms with E-state index in [1.165, 1.54) is 18.2 Å². The van der Waals surface area contributed by atoms with E-state index in [0.29, 0.717) is 10.6 Å². The van der Waals surface area contributed by atoms with Crippen LogP contribution in [0.2, 0.25) is 5.02 Å². The molecule has 0 amide bonds. The Hall–Kier alpha value is -3.06. The van der Waals surface area contributed by atoms with Crippen molar-refractivity contribution in [2.75, 3.05) is 0 Å². The summed E-state index contributed by atoms with van der Waals surface area (Å²) in [7, 11) is 0. The van der Waals surface area contributed by atoms with Crippen LogP contribution in [-0.2, 0) is 0 Å². The molecule has 0 unspecified atom stereocenters. The van der Waals surface area contributed by atoms with Gasteiger partial charge in [-0.15, -0.1) is 0 Å². The first kappa shape index (κ1) is 17.8. The molecule has 0 fully saturated rings. The second kappa shape index (κ2) is 7.05. The van der Waals surface area contributed by atoms with Crippen LogP contribution in [0.1, 0.15) is 22.3 Å². The minimum Gasteiger partial charge on any atom is -0.477 e. The second-order valence-electron chi connectivity index (χ2n) is 5.37. The Bertz CT molecular complexity index is 1030. The maximum Gasteiger partial charge on any atom is 0.341 e. The first-order chi connectivity index (χ1) is 12.4. The lowest BCUT2D eigenvalue weighted by molar-refractivity contribution is 0.0694. The van der Waals surface area contributed by atoms with Crippen molar-refractivity contribution >= 4 is 17.6 Å². The number of hydrogen-bond donors (Lipinski definition) is 1. The SMILES string of the molecule is O=C(O)c1cc(-c2ccc(Cl)cc2)nn(-c2cccc(C(F)F)c2)c1=O. The molecule has 2 aromatic carbocycles. The molecular weight excluding hydrogens is 366 g/mol. The summed E-state index contributed by atoms with van der Waals surface area (Å²) >= 11 is 5.84. The molecule has 0 radical (unpaired) electrons. The maximum absolute atomic E-state index is 12.9. The van der Waals surface area contributed by atoms with E-state index in [0.717, 1.165) is 16.8 Å². The third kappa shape index (κ3) is 3.48. The number of alkyl halides is 2. The summed E-state index contributed by atoms with van der Waals surface area (Å²) in [5, 5.41) is 13.9. The molecule has 0 atom stereocenters. The highest BCUT2D eigenvalue weighted by molar-refractivity contribution is 6.30. The van der Waals surface area contributed by atoms with E-state index in [2.05, 4.69) is 5.10 Å². The number of rotatable bonds is 4. The zero-order chi connectivity index (χ0) is 18.8. The van der Waals surface area contributed by atoms with E-state index in [1.807, 2.05) is 0 Å². The number of carboxylic acids is 1. The summed E-state index contributed by atoms with van der Waals surface area (Å²) in [6.07, 6.45) is -2.73. The highest BCUT2D eigenvalue weighted by atomic mass is 35.5. The van der Waals surface area contributed by atoms with Gasteiger partial charge in [0.15, 0.2) is 0 Å². The van der Waals surface area contributed by atoms with Crippen LogP contribution >= 0.6 is 11.6 Å². The van der Waals surface area contributed by atoms with Crippen LogP contribution in [0.3, 0.4) is 0 Å². The molecule has 0 spiro atoms. The second-order valence-corrected chi connectivity index (χ2v) is 5.80. The molecule has 5 nitrogen and oxygen atoms in total. The highest BCUT2D eigenvalue weighted by Crippen LogP contribution is 2.23. The Morgan fingerprint density at radius 2 is 1.81 bits per heavy atom. The lowest BCUT2D eigenvalue weighted by Gasteiger charge is -2.10. The third-order valence-electron chi connectivity index (χ3n) is 3.65. The Labute approximate surface area is 151 Å². The van der Waals surface area contributed by atoms with Crippen molar-refractivity contribution in [2.24, 2.45) is 0 Å². The van der Waals surface area contributed by atoms with Gasteiger partial charge in [-0.3, -0.25) is 4.79 Å². The van der Waals surface area contributed by atoms with E-state index >= 15 is 0 Å². The van der Waals surface area contributed by atoms with Gasteiger partial charge < -0.3 is 5.11 Å². The van der Waals surface area contributed by atoms with Gasteiger partial charge in [0.1, 0.15) is 5.56 Å². The van der Waals surface area contributed by atoms with Crippen molar-refractivity contribution in [3.05, 3.63) is 81.1 Å². The molecule has 0 aliphatic carbocycles. The van der Waals surface area contributed by atoms with Crippen LogP contribution in [0.25, 0.3) is 16.9 Å². The average Bonchev–Trinajstić information content (AvgIpc) is 2.62. The number of nitrogens with zero attached hydrogens (tertiary/aromatic N) is 2. The lowest BCUT2D eigenvalue weighted by Crippen LogP contribution is -2.27. The standard InChI is InChI=1S/C18H11ClF2N2O3/c19-12-6-4-10(5-7-12)15-9-14(18(25)26)17(24)23(22-15)13-3-1-2-11(8-13)16(20)21/h1-9,16H,(H,25,26). The average molecular weight is 377 g/mol. The van der Waals surface area contributed by atoms with Gasteiger partial charge in [0, 0.05) is 16.1 Å². The molecular formula is C18H11ClF2N2O3. The molecule has 1 heterocycles. The molecule has 26 heavy (non-hydrogen) atoms. The first-order valence-electron chi connectivity index (χ1n) is 7.39. The smallest absolute Gasteiger partial charge is 0.341 e. The number of aromatic nitrogens is 2. The van der Waals surface area contributed by atoms with Crippen LogP contribution in [0.15, 0.2) is 59.4 Å². The molecule has 1 N–H and O–H groups in total. The molecule has 0 aliphatic heterocycles. The normalized spacial score (nSPS) is 10.9. The predicted molar refractivity (Wildman–Crippen MR) is 92.2 cm³/mol. The van der Waals surface area contributed by atoms with Crippen LogP contribution in [0.4, 0.5) is 8.78 Å². The Morgan fingerprint density at radius 3 is 2.42 bits per heavy atom. The summed E-state index contributed by atoms with van der Waals surface area (Å²) in [6.45, 7) is 0. The first-order valence-corrected chi connectivity index (χ1v) is 7.76. The van der Waals surface area contributed by atoms with Crippen molar-refractivity contribution in [3.63, 3.8) is 0 Å². The van der Waals surface area contributed by atoms with Gasteiger partial charge in [-0.25, -0.2) is 13.6 Å². The fraction of sp³-hybridized carbons (Fsp3) is 0.0556. The molecule has 1 aromatic heterocycles. The minimum atomic E-state index is -2.73. The van der Waals surface area contributed by atoms with Gasteiger partial charge in [-0.2, -0.15) is 9.78 Å². The summed E-state index contributed by atoms with van der Waals surface area (Å²) < 4.78 is 26.7. The van der Waals surface area contributed by atoms with E-state index in [4.69, 9.17) is 11.6 Å². The molecule has 0 aliphatic rings. The summed E-state index contributed by atoms with van der Waals surface area (Å²) in [6, 6.07) is 12.6. The number of hydrogen-bond acceptors (Lipinski definition) is 3. The largest absolute Gasteiger partial charge is 0.477 e. The Morgan fingerprint density at radius 1 is 1.12 bits per heavy atom. The molecule has 0 bridgehead atoms. The third-order valence-corrected chi connectivity index (χ3v) is 3.90. The van der Waals surface area contributed by atoms with E-state index in [-0.39, 0.29) is 16.9 Å². The van der Waals surface area contributed by atoms with Crippen molar-refractivity contribution in [2.45, 2.75) is 6.43 Å². The molecule has 3 rings (SSSR count). The van der Waals surface area contributed by atoms with Crippen molar-refractivity contribution in [1.29, 1.82) is 0 Å². The van der Waals surface area contributed by atoms with Gasteiger partial charge in [-0.05, 0) is 30.3 Å². The molecule has 132 valence electrons. The van der Waals surface area contributed by atoms with Crippen LogP contribution in [0.5, 0.6) is 0 Å². The van der Waals surface area contributed by atoms with E-state index in [1.54, 1.807) is 24.3 Å². The predicted octanol–water partition coefficient (Wildman–Crippen LogP) is 4.19. The fourth-order valence-corrected chi connectivity index (χ4v) is 2.50. The van der Waals surface area contributed by atoms with Crippen molar-refractivity contribution in [1.82, 2.24) is 9.78 Å². The number of aromatic carboxylic acids is 1. The lowest BCUT2D eigenvalue weighted by atomic mass is 10.1. The van der Waals surface area contributed by atoms with Crippen molar-refractivity contribution in [3.8, 4) is 16.9 Å². The highest BCUT2D eigenvalue weighted by Gasteiger charge is 2.17. The fourth-order valence-electron chi connectivity index (χ4n) is 2.38. The molecule has 0 saturated carbocycles. The van der Waals surface area contributed by atoms with Crippen LogP contribution in [-0.4, -0.2) is 20.9 Å². The summed E-state index contributed by atoms with van der Waals surface area (Å²) in [5.74, 6) is -1.44. The van der Waals surface area contributed by atoms with Crippen LogP contribution < -0.4 is 5.56 Å². The van der Waals surface area contributed by atoms with Gasteiger partial charge in [-0.1, -0.05) is 35.9 Å². The Balaban J connectivity index is 2.24. The van der Waals surface area contributed by atoms with E-state index < -0.39 is 23.5 Å². The zero-order valence-electron chi connectivity index (χ0n) is 13.1. The summed E-state index contributed by atoms with van der Waals surface area (Å²) in [4.78, 5) is 23.9. The van der Waals surface area contributed by atoms with Crippen LogP contribution in [0, 0.1) is 0 Å². The van der Waals surface area contributed by atoms with Gasteiger partial charge in [0.2, 0.25) is 0 Å². The van der Waals surface area contributed by atoms with Gasteiger partial charge in [0.05, 0.1) is 11.4 Å².